The predicted molar refractivity (Wildman–Crippen MR) is 70.9 cm³/mol. The molecule has 2 heterocycles. The van der Waals surface area contributed by atoms with Crippen LogP contribution in [0.5, 0.6) is 0 Å². The van der Waals surface area contributed by atoms with Gasteiger partial charge in [-0.1, -0.05) is 28.2 Å². The molecule has 0 fully saturated rings. The average molecular weight is 289 g/mol. The minimum Gasteiger partial charge on any atom is -0.215 e. The van der Waals surface area contributed by atoms with Gasteiger partial charge in [-0.25, -0.2) is 13.5 Å². The van der Waals surface area contributed by atoms with Crippen molar-refractivity contribution in [3.05, 3.63) is 47.9 Å². The molecule has 0 saturated heterocycles. The number of H-pyrrole nitrogens is 1. The number of aromatic amines is 1. The second-order valence-corrected chi connectivity index (χ2v) is 6.39. The molecule has 3 aromatic rings. The quantitative estimate of drug-likeness (QED) is 0.563. The molecule has 1 aromatic carbocycles. The van der Waals surface area contributed by atoms with Crippen molar-refractivity contribution in [2.24, 2.45) is 0 Å². The zero-order valence-corrected chi connectivity index (χ0v) is 11.8. The number of aromatic nitrogens is 4. The van der Waals surface area contributed by atoms with Gasteiger partial charge in [-0.2, -0.15) is 0 Å². The van der Waals surface area contributed by atoms with Crippen molar-refractivity contribution in [1.29, 1.82) is 0 Å². The third-order valence-corrected chi connectivity index (χ3v) is 4.64. The normalized spacial score (nSPS) is 11.9. The van der Waals surface area contributed by atoms with Crippen LogP contribution in [0.25, 0.3) is 5.78 Å². The molecule has 2 aromatic heterocycles. The lowest BCUT2D eigenvalue weighted by atomic mass is 10.4. The summed E-state index contributed by atoms with van der Waals surface area (Å²) in [5.41, 5.74) is 0.603. The SMILES string of the molecule is Cc1cc(S(=O)(=O)c2ccccc2)[n+]2[nH]c(C)nc2n1. The van der Waals surface area contributed by atoms with Gasteiger partial charge in [0.05, 0.1) is 4.90 Å². The van der Waals surface area contributed by atoms with Gasteiger partial charge in [0.1, 0.15) is 5.69 Å². The Balaban J connectivity index is 2.34. The third kappa shape index (κ3) is 1.96. The summed E-state index contributed by atoms with van der Waals surface area (Å²) in [6.07, 6.45) is 0. The number of fused-ring (bicyclic) bond motifs is 1. The van der Waals surface area contributed by atoms with E-state index in [0.717, 1.165) is 0 Å². The van der Waals surface area contributed by atoms with E-state index in [1.807, 2.05) is 0 Å². The first-order valence-corrected chi connectivity index (χ1v) is 7.53. The van der Waals surface area contributed by atoms with Gasteiger partial charge in [-0.3, -0.25) is 0 Å². The Kier molecular flexibility index (Phi) is 2.79. The Morgan fingerprint density at radius 1 is 1.10 bits per heavy atom. The molecule has 3 rings (SSSR count). The maximum atomic E-state index is 12.7. The summed E-state index contributed by atoms with van der Waals surface area (Å²) in [5.74, 6) is 0.949. The first-order valence-electron chi connectivity index (χ1n) is 6.04. The summed E-state index contributed by atoms with van der Waals surface area (Å²) < 4.78 is 26.8. The van der Waals surface area contributed by atoms with Crippen LogP contribution in [0.15, 0.2) is 46.3 Å². The van der Waals surface area contributed by atoms with Crippen molar-refractivity contribution in [2.45, 2.75) is 23.8 Å². The highest BCUT2D eigenvalue weighted by Crippen LogP contribution is 2.18. The first-order chi connectivity index (χ1) is 9.48. The number of aryl methyl sites for hydroxylation is 2. The third-order valence-electron chi connectivity index (χ3n) is 2.90. The molecule has 0 aliphatic carbocycles. The highest BCUT2D eigenvalue weighted by Gasteiger charge is 2.27. The highest BCUT2D eigenvalue weighted by atomic mass is 32.2. The van der Waals surface area contributed by atoms with Crippen LogP contribution in [0.4, 0.5) is 0 Å². The molecule has 7 heteroatoms. The summed E-state index contributed by atoms with van der Waals surface area (Å²) in [6.45, 7) is 3.50. The molecule has 20 heavy (non-hydrogen) atoms. The van der Waals surface area contributed by atoms with Crippen LogP contribution in [0.3, 0.4) is 0 Å². The smallest absolute Gasteiger partial charge is 0.215 e. The number of nitrogens with one attached hydrogen (secondary N) is 1. The van der Waals surface area contributed by atoms with Crippen molar-refractivity contribution < 1.29 is 12.9 Å². The summed E-state index contributed by atoms with van der Waals surface area (Å²) in [4.78, 5) is 8.64. The minimum absolute atomic E-state index is 0.131. The van der Waals surface area contributed by atoms with Gasteiger partial charge in [-0.05, 0) is 19.1 Å². The molecular weight excluding hydrogens is 276 g/mol. The molecule has 1 N–H and O–H groups in total. The lowest BCUT2D eigenvalue weighted by Gasteiger charge is -2.03. The van der Waals surface area contributed by atoms with Gasteiger partial charge in [-0.15, -0.1) is 4.52 Å². The monoisotopic (exact) mass is 289 g/mol. The Bertz CT molecular complexity index is 885. The molecule has 0 spiro atoms. The first kappa shape index (κ1) is 12.7. The second-order valence-electron chi connectivity index (χ2n) is 4.50. The van der Waals surface area contributed by atoms with Crippen molar-refractivity contribution in [3.8, 4) is 0 Å². The molecule has 102 valence electrons. The number of sulfone groups is 1. The molecule has 0 saturated carbocycles. The lowest BCUT2D eigenvalue weighted by Crippen LogP contribution is -2.33. The van der Waals surface area contributed by atoms with Crippen LogP contribution in [-0.4, -0.2) is 23.5 Å². The van der Waals surface area contributed by atoms with Crippen LogP contribution < -0.4 is 4.52 Å². The van der Waals surface area contributed by atoms with Gasteiger partial charge >= 0.3 is 5.78 Å². The summed E-state index contributed by atoms with van der Waals surface area (Å²) >= 11 is 0. The molecule has 0 bridgehead atoms. The fraction of sp³-hybridized carbons (Fsp3) is 0.154. The van der Waals surface area contributed by atoms with E-state index in [-0.39, 0.29) is 9.92 Å². The van der Waals surface area contributed by atoms with E-state index in [0.29, 0.717) is 17.3 Å². The lowest BCUT2D eigenvalue weighted by molar-refractivity contribution is -0.621. The molecule has 0 aliphatic rings. The Hall–Kier alpha value is -2.28. The van der Waals surface area contributed by atoms with Gasteiger partial charge in [0.15, 0.2) is 0 Å². The van der Waals surface area contributed by atoms with Crippen LogP contribution in [-0.2, 0) is 9.84 Å². The van der Waals surface area contributed by atoms with E-state index < -0.39 is 9.84 Å². The summed E-state index contributed by atoms with van der Waals surface area (Å²) in [7, 11) is -3.62. The van der Waals surface area contributed by atoms with Crippen molar-refractivity contribution in [2.75, 3.05) is 0 Å². The van der Waals surface area contributed by atoms with Crippen molar-refractivity contribution >= 4 is 15.6 Å². The van der Waals surface area contributed by atoms with E-state index in [1.54, 1.807) is 44.2 Å². The maximum Gasteiger partial charge on any atom is 0.458 e. The van der Waals surface area contributed by atoms with Crippen molar-refractivity contribution in [1.82, 2.24) is 15.1 Å². The number of hydrogen-bond acceptors (Lipinski definition) is 4. The van der Waals surface area contributed by atoms with Crippen LogP contribution in [0, 0.1) is 13.8 Å². The van der Waals surface area contributed by atoms with Gasteiger partial charge in [0, 0.05) is 13.0 Å². The van der Waals surface area contributed by atoms with Gasteiger partial charge in [0.2, 0.25) is 20.7 Å². The maximum absolute atomic E-state index is 12.7. The second kappa shape index (κ2) is 4.38. The van der Waals surface area contributed by atoms with Crippen molar-refractivity contribution in [3.63, 3.8) is 0 Å². The summed E-state index contributed by atoms with van der Waals surface area (Å²) in [5, 5.41) is 3.03. The minimum atomic E-state index is -3.62. The topological polar surface area (TPSA) is 79.8 Å². The number of rotatable bonds is 2. The number of benzene rings is 1. The van der Waals surface area contributed by atoms with E-state index in [4.69, 9.17) is 0 Å². The molecule has 0 atom stereocenters. The van der Waals surface area contributed by atoms with Crippen LogP contribution >= 0.6 is 0 Å². The Morgan fingerprint density at radius 3 is 2.50 bits per heavy atom. The van der Waals surface area contributed by atoms with E-state index in [2.05, 4.69) is 15.1 Å². The molecule has 0 unspecified atom stereocenters. The largest absolute Gasteiger partial charge is 0.458 e. The number of hydrogen-bond donors (Lipinski definition) is 1. The molecule has 6 nitrogen and oxygen atoms in total. The van der Waals surface area contributed by atoms with E-state index in [9.17, 15) is 8.42 Å². The zero-order chi connectivity index (χ0) is 14.3. The molecule has 0 amide bonds. The Labute approximate surface area is 116 Å². The van der Waals surface area contributed by atoms with E-state index in [1.165, 1.54) is 10.6 Å². The van der Waals surface area contributed by atoms with E-state index >= 15 is 0 Å². The fourth-order valence-corrected chi connectivity index (χ4v) is 3.47. The molecular formula is C13H13N4O2S+. The number of nitrogens with zero attached hydrogens (tertiary/aromatic N) is 3. The van der Waals surface area contributed by atoms with Gasteiger partial charge < -0.3 is 0 Å². The molecule has 0 aliphatic heterocycles. The molecule has 0 radical (unpaired) electrons. The predicted octanol–water partition coefficient (Wildman–Crippen LogP) is 0.993. The standard InChI is InChI=1S/C13H12N4O2S/c1-9-8-12(17-13(14-9)15-10(2)16-17)20(18,19)11-6-4-3-5-7-11/h3-8H,1-2H3/p+1. The van der Waals surface area contributed by atoms with Gasteiger partial charge in [0.25, 0.3) is 0 Å². The van der Waals surface area contributed by atoms with Crippen LogP contribution in [0.2, 0.25) is 0 Å². The fourth-order valence-electron chi connectivity index (χ4n) is 2.02. The highest BCUT2D eigenvalue weighted by molar-refractivity contribution is 7.91. The Morgan fingerprint density at radius 2 is 1.80 bits per heavy atom. The summed E-state index contributed by atoms with van der Waals surface area (Å²) in [6, 6.07) is 9.84. The zero-order valence-electron chi connectivity index (χ0n) is 11.0. The average Bonchev–Trinajstić information content (AvgIpc) is 2.78. The van der Waals surface area contributed by atoms with Crippen LogP contribution in [0.1, 0.15) is 11.5 Å².